The number of hydrogen-bond donors (Lipinski definition) is 1. The topological polar surface area (TPSA) is 38.3 Å². The second-order valence-corrected chi connectivity index (χ2v) is 4.11. The first-order chi connectivity index (χ1) is 7.31. The van der Waals surface area contributed by atoms with Crippen molar-refractivity contribution in [2.45, 2.75) is 39.0 Å². The molecule has 0 fully saturated rings. The molecular weight excluding hydrogens is 190 g/mol. The molecule has 0 atom stereocenters. The second kappa shape index (κ2) is 4.51. The van der Waals surface area contributed by atoms with E-state index in [9.17, 15) is 4.79 Å². The van der Waals surface area contributed by atoms with Crippen LogP contribution in [-0.2, 0) is 9.53 Å². The van der Waals surface area contributed by atoms with E-state index in [1.807, 2.05) is 6.20 Å². The molecule has 2 rings (SSSR count). The number of carbonyl (C=O) groups is 1. The van der Waals surface area contributed by atoms with E-state index in [1.54, 1.807) is 0 Å². The Morgan fingerprint density at radius 3 is 3.13 bits per heavy atom. The van der Waals surface area contributed by atoms with Crippen molar-refractivity contribution in [3.8, 4) is 0 Å². The molecule has 2 heterocycles. The molecule has 0 radical (unpaired) electrons. The van der Waals surface area contributed by atoms with Gasteiger partial charge in [0.25, 0.3) is 0 Å². The molecule has 3 nitrogen and oxygen atoms in total. The van der Waals surface area contributed by atoms with Crippen LogP contribution < -0.4 is 5.32 Å². The number of esters is 1. The van der Waals surface area contributed by atoms with E-state index in [0.717, 1.165) is 24.1 Å². The van der Waals surface area contributed by atoms with Crippen molar-refractivity contribution in [1.82, 2.24) is 5.32 Å². The van der Waals surface area contributed by atoms with Crippen molar-refractivity contribution in [3.05, 3.63) is 23.0 Å². The first-order valence-electron chi connectivity index (χ1n) is 5.65. The van der Waals surface area contributed by atoms with E-state index < -0.39 is 0 Å². The predicted molar refractivity (Wildman–Crippen MR) is 58.0 cm³/mol. The molecule has 0 saturated heterocycles. The van der Waals surface area contributed by atoms with E-state index in [0.29, 0.717) is 6.61 Å². The molecule has 0 aromatic rings. The predicted octanol–water partition coefficient (Wildman–Crippen LogP) is 2.25. The molecule has 0 amide bonds. The summed E-state index contributed by atoms with van der Waals surface area (Å²) in [6.07, 6.45) is 7.61. The lowest BCUT2D eigenvalue weighted by atomic mass is 9.98. The summed E-state index contributed by atoms with van der Waals surface area (Å²) in [5, 5.41) is 3.16. The molecule has 0 saturated carbocycles. The minimum atomic E-state index is -0.140. The van der Waals surface area contributed by atoms with Crippen molar-refractivity contribution >= 4 is 5.97 Å². The third kappa shape index (κ3) is 2.22. The van der Waals surface area contributed by atoms with Gasteiger partial charge in [0.05, 0.1) is 11.3 Å². The fourth-order valence-corrected chi connectivity index (χ4v) is 1.97. The Bertz CT molecular complexity index is 329. The Hall–Kier alpha value is -1.25. The van der Waals surface area contributed by atoms with E-state index in [4.69, 9.17) is 4.74 Å². The summed E-state index contributed by atoms with van der Waals surface area (Å²) < 4.78 is 4.96. The fraction of sp³-hybridized carbons (Fsp3) is 0.583. The number of nitrogens with one attached hydrogen (secondary N) is 1. The zero-order valence-corrected chi connectivity index (χ0v) is 9.14. The summed E-state index contributed by atoms with van der Waals surface area (Å²) in [7, 11) is 0. The van der Waals surface area contributed by atoms with Crippen LogP contribution in [0.2, 0.25) is 0 Å². The molecule has 3 heteroatoms. The third-order valence-electron chi connectivity index (χ3n) is 2.91. The maximum atomic E-state index is 11.3. The smallest absolute Gasteiger partial charge is 0.336 e. The lowest BCUT2D eigenvalue weighted by molar-refractivity contribution is -0.136. The molecule has 0 bridgehead atoms. The number of unbranched alkanes of at least 4 members (excludes halogenated alkanes) is 2. The van der Waals surface area contributed by atoms with Gasteiger partial charge in [-0.2, -0.15) is 0 Å². The van der Waals surface area contributed by atoms with Gasteiger partial charge >= 0.3 is 5.97 Å². The molecule has 2 aliphatic rings. The van der Waals surface area contributed by atoms with Crippen LogP contribution in [0.5, 0.6) is 0 Å². The van der Waals surface area contributed by atoms with Crippen molar-refractivity contribution in [2.75, 3.05) is 6.61 Å². The Kier molecular flexibility index (Phi) is 3.09. The van der Waals surface area contributed by atoms with E-state index in [1.165, 1.54) is 24.8 Å². The first-order valence-corrected chi connectivity index (χ1v) is 5.65. The molecule has 82 valence electrons. The Labute approximate surface area is 90.2 Å². The quantitative estimate of drug-likeness (QED) is 0.567. The second-order valence-electron chi connectivity index (χ2n) is 4.11. The van der Waals surface area contributed by atoms with Gasteiger partial charge in [0.2, 0.25) is 0 Å². The summed E-state index contributed by atoms with van der Waals surface area (Å²) >= 11 is 0. The highest BCUT2D eigenvalue weighted by atomic mass is 16.5. The highest BCUT2D eigenvalue weighted by Gasteiger charge is 2.27. The van der Waals surface area contributed by atoms with Gasteiger partial charge < -0.3 is 10.1 Å². The molecule has 15 heavy (non-hydrogen) atoms. The molecule has 0 aromatic heterocycles. The van der Waals surface area contributed by atoms with Crippen LogP contribution in [0.4, 0.5) is 0 Å². The van der Waals surface area contributed by atoms with E-state index in [-0.39, 0.29) is 5.97 Å². The van der Waals surface area contributed by atoms with Gasteiger partial charge in [0.15, 0.2) is 0 Å². The highest BCUT2D eigenvalue weighted by Crippen LogP contribution is 2.27. The number of carbonyl (C=O) groups excluding carboxylic acids is 1. The minimum absolute atomic E-state index is 0.140. The fourth-order valence-electron chi connectivity index (χ4n) is 1.97. The number of ether oxygens (including phenoxy) is 1. The number of rotatable bonds is 4. The first kappa shape index (κ1) is 10.3. The van der Waals surface area contributed by atoms with Gasteiger partial charge in [-0.3, -0.25) is 0 Å². The molecular formula is C12H17NO2. The van der Waals surface area contributed by atoms with Crippen LogP contribution in [-0.4, -0.2) is 12.6 Å². The summed E-state index contributed by atoms with van der Waals surface area (Å²) in [4.78, 5) is 11.3. The van der Waals surface area contributed by atoms with E-state index >= 15 is 0 Å². The van der Waals surface area contributed by atoms with Crippen LogP contribution in [0.1, 0.15) is 39.0 Å². The average Bonchev–Trinajstić information content (AvgIpc) is 2.61. The number of allylic oxidation sites excluding steroid dienone is 1. The van der Waals surface area contributed by atoms with Crippen molar-refractivity contribution in [3.63, 3.8) is 0 Å². The lowest BCUT2D eigenvalue weighted by Crippen LogP contribution is -2.14. The zero-order chi connectivity index (χ0) is 10.7. The maximum Gasteiger partial charge on any atom is 0.336 e. The standard InChI is InChI=1S/C12H17NO2/c1-2-3-4-5-9-6-10-11(13-7-9)8-15-12(10)14/h7,13H,2-6,8H2,1H3. The van der Waals surface area contributed by atoms with Crippen molar-refractivity contribution in [2.24, 2.45) is 0 Å². The summed E-state index contributed by atoms with van der Waals surface area (Å²) in [6.45, 7) is 2.62. The molecule has 0 aliphatic carbocycles. The van der Waals surface area contributed by atoms with Crippen molar-refractivity contribution in [1.29, 1.82) is 0 Å². The van der Waals surface area contributed by atoms with Crippen molar-refractivity contribution < 1.29 is 9.53 Å². The lowest BCUT2D eigenvalue weighted by Gasteiger charge is -2.14. The Morgan fingerprint density at radius 2 is 2.33 bits per heavy atom. The summed E-state index contributed by atoms with van der Waals surface area (Å²) in [5.41, 5.74) is 3.12. The van der Waals surface area contributed by atoms with Gasteiger partial charge in [-0.25, -0.2) is 4.79 Å². The molecule has 0 aromatic carbocycles. The van der Waals surface area contributed by atoms with Gasteiger partial charge in [-0.1, -0.05) is 19.8 Å². The minimum Gasteiger partial charge on any atom is -0.456 e. The van der Waals surface area contributed by atoms with Gasteiger partial charge in [-0.15, -0.1) is 0 Å². The zero-order valence-electron chi connectivity index (χ0n) is 9.14. The Balaban J connectivity index is 1.88. The van der Waals surface area contributed by atoms with Crippen LogP contribution >= 0.6 is 0 Å². The number of dihydropyridines is 1. The average molecular weight is 207 g/mol. The monoisotopic (exact) mass is 207 g/mol. The van der Waals surface area contributed by atoms with Gasteiger partial charge in [0.1, 0.15) is 6.61 Å². The highest BCUT2D eigenvalue weighted by molar-refractivity contribution is 5.92. The number of cyclic esters (lactones) is 1. The summed E-state index contributed by atoms with van der Waals surface area (Å²) in [6, 6.07) is 0. The molecule has 0 unspecified atom stereocenters. The van der Waals surface area contributed by atoms with E-state index in [2.05, 4.69) is 12.2 Å². The summed E-state index contributed by atoms with van der Waals surface area (Å²) in [5.74, 6) is -0.140. The van der Waals surface area contributed by atoms with Crippen LogP contribution in [0.3, 0.4) is 0 Å². The van der Waals surface area contributed by atoms with Crippen LogP contribution in [0, 0.1) is 0 Å². The third-order valence-corrected chi connectivity index (χ3v) is 2.91. The normalized spacial score (nSPS) is 19.5. The molecule has 1 N–H and O–H groups in total. The largest absolute Gasteiger partial charge is 0.456 e. The number of hydrogen-bond acceptors (Lipinski definition) is 3. The molecule has 0 spiro atoms. The SMILES string of the molecule is CCCCCC1=CNC2=C(C1)C(=O)OC2. The Morgan fingerprint density at radius 1 is 1.47 bits per heavy atom. The van der Waals surface area contributed by atoms with Gasteiger partial charge in [0, 0.05) is 12.6 Å². The van der Waals surface area contributed by atoms with Gasteiger partial charge in [-0.05, 0) is 18.4 Å². The van der Waals surface area contributed by atoms with Crippen LogP contribution in [0.15, 0.2) is 23.0 Å². The molecule has 2 aliphatic heterocycles. The van der Waals surface area contributed by atoms with Crippen LogP contribution in [0.25, 0.3) is 0 Å². The maximum absolute atomic E-state index is 11.3.